The van der Waals surface area contributed by atoms with Crippen LogP contribution in [0.3, 0.4) is 0 Å². The Morgan fingerprint density at radius 2 is 0.780 bits per heavy atom. The van der Waals surface area contributed by atoms with Gasteiger partial charge >= 0.3 is 0 Å². The maximum atomic E-state index is 14.4. The summed E-state index contributed by atoms with van der Waals surface area (Å²) in [6.07, 6.45) is 0. The third kappa shape index (κ3) is 4.23. The van der Waals surface area contributed by atoms with E-state index in [0.717, 1.165) is 33.5 Å². The van der Waals surface area contributed by atoms with Gasteiger partial charge in [-0.1, -0.05) is 140 Å². The average Bonchev–Trinajstić information content (AvgIpc) is 3.99. The minimum absolute atomic E-state index is 0.0252. The quantitative estimate of drug-likeness (QED) is 0.165. The lowest BCUT2D eigenvalue weighted by molar-refractivity contribution is 0.103. The predicted octanol–water partition coefficient (Wildman–Crippen LogP) is 13.5. The molecule has 2 aliphatic rings. The first kappa shape index (κ1) is 32.3. The summed E-state index contributed by atoms with van der Waals surface area (Å²) in [5.41, 5.74) is 17.3. The number of rotatable bonds is 4. The summed E-state index contributed by atoms with van der Waals surface area (Å²) in [5.74, 6) is 0.0252. The number of carbonyl (C=O) groups excluding carboxylic acids is 1. The van der Waals surface area contributed by atoms with E-state index in [1.165, 1.54) is 66.0 Å². The van der Waals surface area contributed by atoms with Gasteiger partial charge in [-0.05, 0) is 111 Å². The van der Waals surface area contributed by atoms with Gasteiger partial charge in [-0.3, -0.25) is 4.79 Å². The van der Waals surface area contributed by atoms with Crippen LogP contribution < -0.4 is 0 Å². The van der Waals surface area contributed by atoms with Gasteiger partial charge in [-0.25, -0.2) is 0 Å². The van der Waals surface area contributed by atoms with Crippen LogP contribution in [0.1, 0.15) is 38.2 Å². The second kappa shape index (κ2) is 11.9. The lowest BCUT2D eigenvalue weighted by Crippen LogP contribution is -2.26. The summed E-state index contributed by atoms with van der Waals surface area (Å²) < 4.78 is 4.85. The summed E-state index contributed by atoms with van der Waals surface area (Å²) in [6.45, 7) is 0. The monoisotopic (exact) mass is 750 g/mol. The van der Waals surface area contributed by atoms with Gasteiger partial charge < -0.3 is 9.13 Å². The van der Waals surface area contributed by atoms with Gasteiger partial charge in [0.2, 0.25) is 0 Å². The Kier molecular flexibility index (Phi) is 6.52. The van der Waals surface area contributed by atoms with Crippen LogP contribution in [-0.2, 0) is 5.41 Å². The zero-order chi connectivity index (χ0) is 38.8. The number of hydrogen-bond donors (Lipinski definition) is 0. The minimum atomic E-state index is -0.706. The molecule has 11 aromatic rings. The highest BCUT2D eigenvalue weighted by molar-refractivity contribution is 6.16. The first-order valence-electron chi connectivity index (χ1n) is 20.3. The van der Waals surface area contributed by atoms with Gasteiger partial charge in [0, 0.05) is 44.0 Å². The molecule has 3 heteroatoms. The number of para-hydroxylation sites is 4. The van der Waals surface area contributed by atoms with E-state index in [4.69, 9.17) is 0 Å². The first-order chi connectivity index (χ1) is 29.2. The van der Waals surface area contributed by atoms with Crippen molar-refractivity contribution in [2.24, 2.45) is 0 Å². The molecule has 59 heavy (non-hydrogen) atoms. The Morgan fingerprint density at radius 3 is 1.36 bits per heavy atom. The molecule has 0 bridgehead atoms. The van der Waals surface area contributed by atoms with E-state index in [9.17, 15) is 4.79 Å². The standard InChI is InChI=1S/C56H34N2O/c59-55(35-16-4-1-5-17-35)36-28-29-40-39-22-10-13-25-47(39)56(48(40)30-36)49-33-53-45(41-23-11-14-26-51(41)57(53)37-18-6-2-7-19-37)31-43(49)44-32-46-42-24-12-15-27-52(42)58(54(46)34-50(44)56)38-20-8-3-9-21-38/h1-34H. The predicted molar refractivity (Wildman–Crippen MR) is 241 cm³/mol. The van der Waals surface area contributed by atoms with Crippen LogP contribution in [0.4, 0.5) is 0 Å². The van der Waals surface area contributed by atoms with Crippen LogP contribution in [0.2, 0.25) is 0 Å². The fraction of sp³-hybridized carbons (Fsp3) is 0.0179. The van der Waals surface area contributed by atoms with Crippen LogP contribution in [0.15, 0.2) is 206 Å². The Balaban J connectivity index is 1.21. The fourth-order valence-corrected chi connectivity index (χ4v) is 10.7. The lowest BCUT2D eigenvalue weighted by atomic mass is 9.70. The van der Waals surface area contributed by atoms with Gasteiger partial charge in [-0.15, -0.1) is 0 Å². The molecule has 0 unspecified atom stereocenters. The number of ketones is 1. The largest absolute Gasteiger partial charge is 0.309 e. The van der Waals surface area contributed by atoms with Crippen molar-refractivity contribution < 1.29 is 4.79 Å². The van der Waals surface area contributed by atoms with Gasteiger partial charge in [0.15, 0.2) is 5.78 Å². The molecule has 0 saturated heterocycles. The molecule has 0 aliphatic heterocycles. The number of carbonyl (C=O) groups is 1. The van der Waals surface area contributed by atoms with E-state index < -0.39 is 5.41 Å². The third-order valence-electron chi connectivity index (χ3n) is 13.1. The highest BCUT2D eigenvalue weighted by Gasteiger charge is 2.52. The van der Waals surface area contributed by atoms with Crippen molar-refractivity contribution in [2.45, 2.75) is 5.41 Å². The van der Waals surface area contributed by atoms with Gasteiger partial charge in [0.05, 0.1) is 27.5 Å². The number of hydrogen-bond acceptors (Lipinski definition) is 1. The van der Waals surface area contributed by atoms with Crippen molar-refractivity contribution in [3.8, 4) is 33.6 Å². The summed E-state index contributed by atoms with van der Waals surface area (Å²) in [4.78, 5) is 14.4. The SMILES string of the molecule is O=C(c1ccccc1)c1ccc2c(c1)C1(c3ccccc3-2)c2cc3c(cc2-c2cc4c5ccccc5n(-c5ccccc5)c4cc21)c1ccccc1n3-c1ccccc1. The Hall–Kier alpha value is -7.75. The zero-order valence-electron chi connectivity index (χ0n) is 31.9. The minimum Gasteiger partial charge on any atom is -0.309 e. The smallest absolute Gasteiger partial charge is 0.193 e. The molecule has 9 aromatic carbocycles. The van der Waals surface area contributed by atoms with Crippen molar-refractivity contribution in [1.82, 2.24) is 9.13 Å². The second-order valence-electron chi connectivity index (χ2n) is 16.0. The maximum absolute atomic E-state index is 14.4. The van der Waals surface area contributed by atoms with Gasteiger partial charge in [0.1, 0.15) is 0 Å². The Bertz CT molecular complexity index is 3390. The van der Waals surface area contributed by atoms with Gasteiger partial charge in [-0.2, -0.15) is 0 Å². The van der Waals surface area contributed by atoms with Crippen molar-refractivity contribution >= 4 is 49.4 Å². The van der Waals surface area contributed by atoms with E-state index in [-0.39, 0.29) is 5.78 Å². The molecule has 1 spiro atoms. The van der Waals surface area contributed by atoms with Crippen molar-refractivity contribution in [2.75, 3.05) is 0 Å². The molecule has 0 fully saturated rings. The summed E-state index contributed by atoms with van der Waals surface area (Å²) >= 11 is 0. The molecule has 3 nitrogen and oxygen atoms in total. The summed E-state index contributed by atoms with van der Waals surface area (Å²) in [6, 6.07) is 73.9. The molecule has 274 valence electrons. The number of nitrogens with zero attached hydrogens (tertiary/aromatic N) is 2. The zero-order valence-corrected chi connectivity index (χ0v) is 31.9. The Morgan fingerprint density at radius 1 is 0.322 bits per heavy atom. The number of aromatic nitrogens is 2. The fourth-order valence-electron chi connectivity index (χ4n) is 10.7. The molecule has 0 N–H and O–H groups in total. The normalized spacial score (nSPS) is 13.3. The molecular formula is C56H34N2O. The average molecular weight is 751 g/mol. The van der Waals surface area contributed by atoms with Crippen molar-refractivity contribution in [3.05, 3.63) is 240 Å². The van der Waals surface area contributed by atoms with Crippen LogP contribution >= 0.6 is 0 Å². The number of fused-ring (bicyclic) bond motifs is 16. The highest BCUT2D eigenvalue weighted by atomic mass is 16.1. The first-order valence-corrected chi connectivity index (χ1v) is 20.3. The van der Waals surface area contributed by atoms with E-state index in [2.05, 4.69) is 179 Å². The van der Waals surface area contributed by atoms with Crippen molar-refractivity contribution in [3.63, 3.8) is 0 Å². The molecule has 2 heterocycles. The number of benzene rings is 9. The van der Waals surface area contributed by atoms with Crippen LogP contribution in [0.25, 0.3) is 77.2 Å². The molecule has 2 aromatic heterocycles. The molecular weight excluding hydrogens is 717 g/mol. The van der Waals surface area contributed by atoms with E-state index in [0.29, 0.717) is 11.1 Å². The van der Waals surface area contributed by atoms with E-state index in [1.54, 1.807) is 0 Å². The van der Waals surface area contributed by atoms with Crippen LogP contribution in [0.5, 0.6) is 0 Å². The van der Waals surface area contributed by atoms with E-state index >= 15 is 0 Å². The topological polar surface area (TPSA) is 26.9 Å². The molecule has 0 radical (unpaired) electrons. The molecule has 0 saturated carbocycles. The van der Waals surface area contributed by atoms with E-state index in [1.807, 2.05) is 36.4 Å². The lowest BCUT2D eigenvalue weighted by Gasteiger charge is -2.31. The molecule has 2 aliphatic carbocycles. The maximum Gasteiger partial charge on any atom is 0.193 e. The molecule has 0 atom stereocenters. The van der Waals surface area contributed by atoms with Crippen LogP contribution in [0, 0.1) is 0 Å². The Labute approximate surface area is 340 Å². The third-order valence-corrected chi connectivity index (χ3v) is 13.1. The van der Waals surface area contributed by atoms with Crippen molar-refractivity contribution in [1.29, 1.82) is 0 Å². The molecule has 0 amide bonds. The van der Waals surface area contributed by atoms with Crippen LogP contribution in [-0.4, -0.2) is 14.9 Å². The summed E-state index contributed by atoms with van der Waals surface area (Å²) in [7, 11) is 0. The summed E-state index contributed by atoms with van der Waals surface area (Å²) in [5, 5.41) is 4.89. The molecule has 13 rings (SSSR count). The second-order valence-corrected chi connectivity index (χ2v) is 16.0. The highest BCUT2D eigenvalue weighted by Crippen LogP contribution is 2.64. The van der Waals surface area contributed by atoms with Gasteiger partial charge in [0.25, 0.3) is 0 Å².